The van der Waals surface area contributed by atoms with E-state index in [0.717, 1.165) is 25.9 Å². The summed E-state index contributed by atoms with van der Waals surface area (Å²) in [4.78, 5) is 14.1. The first-order valence-corrected chi connectivity index (χ1v) is 6.76. The molecule has 0 spiro atoms. The minimum Gasteiger partial charge on any atom is -0.385 e. The molecule has 2 rings (SSSR count). The maximum Gasteiger partial charge on any atom is 0.239 e. The van der Waals surface area contributed by atoms with E-state index in [1.165, 1.54) is 11.1 Å². The molecule has 1 heterocycles. The number of rotatable bonds is 5. The van der Waals surface area contributed by atoms with Gasteiger partial charge in [0.25, 0.3) is 0 Å². The minimum atomic E-state index is -0.0950. The van der Waals surface area contributed by atoms with Crippen LogP contribution in [0.2, 0.25) is 0 Å². The molecule has 1 aliphatic rings. The number of amides is 1. The number of fused-ring (bicyclic) bond motifs is 1. The van der Waals surface area contributed by atoms with E-state index in [1.54, 1.807) is 12.0 Å². The average molecular weight is 262 g/mol. The summed E-state index contributed by atoms with van der Waals surface area (Å²) in [5, 5.41) is 3.32. The van der Waals surface area contributed by atoms with Crippen LogP contribution in [0.25, 0.3) is 0 Å². The zero-order valence-corrected chi connectivity index (χ0v) is 11.7. The molecule has 0 radical (unpaired) electrons. The molecule has 4 heteroatoms. The summed E-state index contributed by atoms with van der Waals surface area (Å²) >= 11 is 0. The summed E-state index contributed by atoms with van der Waals surface area (Å²) < 4.78 is 5.01. The van der Waals surface area contributed by atoms with Crippen molar-refractivity contribution in [3.63, 3.8) is 0 Å². The van der Waals surface area contributed by atoms with Gasteiger partial charge in [-0.15, -0.1) is 0 Å². The molecule has 0 saturated carbocycles. The van der Waals surface area contributed by atoms with Gasteiger partial charge in [0.1, 0.15) is 0 Å². The van der Waals surface area contributed by atoms with E-state index >= 15 is 0 Å². The van der Waals surface area contributed by atoms with Gasteiger partial charge in [-0.3, -0.25) is 4.79 Å². The van der Waals surface area contributed by atoms with E-state index in [9.17, 15) is 4.79 Å². The van der Waals surface area contributed by atoms with Crippen molar-refractivity contribution in [1.29, 1.82) is 0 Å². The zero-order valence-electron chi connectivity index (χ0n) is 11.7. The number of nitrogens with one attached hydrogen (secondary N) is 1. The van der Waals surface area contributed by atoms with Crippen LogP contribution in [-0.2, 0) is 22.5 Å². The fourth-order valence-corrected chi connectivity index (χ4v) is 2.45. The number of likely N-dealkylation sites (N-methyl/N-ethyl adjacent to an activating group) is 1. The van der Waals surface area contributed by atoms with E-state index in [1.807, 2.05) is 19.2 Å². The summed E-state index contributed by atoms with van der Waals surface area (Å²) in [5.74, 6) is 0.172. The summed E-state index contributed by atoms with van der Waals surface area (Å²) in [6.07, 6.45) is 1.66. The maximum absolute atomic E-state index is 12.3. The second kappa shape index (κ2) is 6.68. The SMILES string of the molecule is COCCCN(C)C(=O)[C@@H]1Cc2ccccc2CN1. The largest absolute Gasteiger partial charge is 0.385 e. The number of benzene rings is 1. The summed E-state index contributed by atoms with van der Waals surface area (Å²) in [5.41, 5.74) is 2.58. The average Bonchev–Trinajstić information content (AvgIpc) is 2.46. The quantitative estimate of drug-likeness (QED) is 0.811. The Morgan fingerprint density at radius 1 is 1.42 bits per heavy atom. The van der Waals surface area contributed by atoms with Crippen molar-refractivity contribution in [3.05, 3.63) is 35.4 Å². The zero-order chi connectivity index (χ0) is 13.7. The first kappa shape index (κ1) is 14.0. The molecular formula is C15H22N2O2. The predicted molar refractivity (Wildman–Crippen MR) is 74.9 cm³/mol. The van der Waals surface area contributed by atoms with Gasteiger partial charge in [-0.05, 0) is 24.0 Å². The first-order chi connectivity index (χ1) is 9.22. The number of carbonyl (C=O) groups is 1. The van der Waals surface area contributed by atoms with Crippen LogP contribution in [0.15, 0.2) is 24.3 Å². The standard InChI is InChI=1S/C15H22N2O2/c1-17(8-5-9-19-2)15(18)14-10-12-6-3-4-7-13(12)11-16-14/h3-4,6-7,14,16H,5,8-11H2,1-2H3/t14-/m0/s1. The molecule has 1 atom stereocenters. The number of nitrogens with zero attached hydrogens (tertiary/aromatic N) is 1. The lowest BCUT2D eigenvalue weighted by Crippen LogP contribution is -2.48. The van der Waals surface area contributed by atoms with E-state index < -0.39 is 0 Å². The van der Waals surface area contributed by atoms with Gasteiger partial charge in [0.2, 0.25) is 5.91 Å². The van der Waals surface area contributed by atoms with Gasteiger partial charge in [0.15, 0.2) is 0 Å². The lowest BCUT2D eigenvalue weighted by molar-refractivity contribution is -0.132. The number of carbonyl (C=O) groups excluding carboxylic acids is 1. The summed E-state index contributed by atoms with van der Waals surface area (Å²) in [6, 6.07) is 8.21. The van der Waals surface area contributed by atoms with E-state index in [2.05, 4.69) is 17.4 Å². The van der Waals surface area contributed by atoms with Crippen molar-refractivity contribution in [2.24, 2.45) is 0 Å². The summed E-state index contributed by atoms with van der Waals surface area (Å²) in [6.45, 7) is 2.21. The highest BCUT2D eigenvalue weighted by molar-refractivity contribution is 5.82. The molecule has 1 aliphatic heterocycles. The predicted octanol–water partition coefficient (Wildman–Crippen LogP) is 1.20. The third-order valence-electron chi connectivity index (χ3n) is 3.60. The monoisotopic (exact) mass is 262 g/mol. The molecular weight excluding hydrogens is 240 g/mol. The second-order valence-electron chi connectivity index (χ2n) is 5.01. The number of hydrogen-bond donors (Lipinski definition) is 1. The van der Waals surface area contributed by atoms with Gasteiger partial charge in [-0.1, -0.05) is 24.3 Å². The Balaban J connectivity index is 1.91. The van der Waals surface area contributed by atoms with Crippen LogP contribution in [0, 0.1) is 0 Å². The van der Waals surface area contributed by atoms with E-state index in [-0.39, 0.29) is 11.9 Å². The highest BCUT2D eigenvalue weighted by Crippen LogP contribution is 2.17. The third kappa shape index (κ3) is 3.55. The third-order valence-corrected chi connectivity index (χ3v) is 3.60. The van der Waals surface area contributed by atoms with Gasteiger partial charge >= 0.3 is 0 Å². The Labute approximate surface area is 114 Å². The molecule has 1 aromatic rings. The van der Waals surface area contributed by atoms with E-state index in [4.69, 9.17) is 4.74 Å². The molecule has 4 nitrogen and oxygen atoms in total. The van der Waals surface area contributed by atoms with Crippen LogP contribution in [0.5, 0.6) is 0 Å². The molecule has 104 valence electrons. The minimum absolute atomic E-state index is 0.0950. The number of hydrogen-bond acceptors (Lipinski definition) is 3. The van der Waals surface area contributed by atoms with Crippen molar-refractivity contribution in [3.8, 4) is 0 Å². The van der Waals surface area contributed by atoms with Crippen LogP contribution in [0.1, 0.15) is 17.5 Å². The molecule has 1 aromatic carbocycles. The van der Waals surface area contributed by atoms with Gasteiger partial charge < -0.3 is 15.0 Å². The van der Waals surface area contributed by atoms with Crippen molar-refractivity contribution >= 4 is 5.91 Å². The first-order valence-electron chi connectivity index (χ1n) is 6.76. The number of ether oxygens (including phenoxy) is 1. The molecule has 0 fully saturated rings. The lowest BCUT2D eigenvalue weighted by Gasteiger charge is -2.29. The highest BCUT2D eigenvalue weighted by atomic mass is 16.5. The smallest absolute Gasteiger partial charge is 0.239 e. The Kier molecular flexibility index (Phi) is 4.93. The Morgan fingerprint density at radius 3 is 2.89 bits per heavy atom. The summed E-state index contributed by atoms with van der Waals surface area (Å²) in [7, 11) is 3.54. The van der Waals surface area contributed by atoms with Crippen molar-refractivity contribution in [2.45, 2.75) is 25.4 Å². The van der Waals surface area contributed by atoms with E-state index in [0.29, 0.717) is 6.61 Å². The molecule has 0 saturated heterocycles. The highest BCUT2D eigenvalue weighted by Gasteiger charge is 2.25. The fraction of sp³-hybridized carbons (Fsp3) is 0.533. The Hall–Kier alpha value is -1.39. The van der Waals surface area contributed by atoms with Gasteiger partial charge in [0, 0.05) is 33.9 Å². The van der Waals surface area contributed by atoms with Crippen LogP contribution < -0.4 is 5.32 Å². The van der Waals surface area contributed by atoms with Gasteiger partial charge in [-0.25, -0.2) is 0 Å². The van der Waals surface area contributed by atoms with Gasteiger partial charge in [0.05, 0.1) is 6.04 Å². The van der Waals surface area contributed by atoms with Crippen LogP contribution in [0.3, 0.4) is 0 Å². The fourth-order valence-electron chi connectivity index (χ4n) is 2.45. The van der Waals surface area contributed by atoms with Crippen LogP contribution in [-0.4, -0.2) is 44.2 Å². The Morgan fingerprint density at radius 2 is 2.16 bits per heavy atom. The molecule has 0 aliphatic carbocycles. The maximum atomic E-state index is 12.3. The van der Waals surface area contributed by atoms with Crippen molar-refractivity contribution in [2.75, 3.05) is 27.3 Å². The molecule has 0 aromatic heterocycles. The lowest BCUT2D eigenvalue weighted by atomic mass is 9.95. The van der Waals surface area contributed by atoms with Crippen molar-refractivity contribution < 1.29 is 9.53 Å². The Bertz CT molecular complexity index is 434. The molecule has 1 N–H and O–H groups in total. The van der Waals surface area contributed by atoms with Crippen molar-refractivity contribution in [1.82, 2.24) is 10.2 Å². The van der Waals surface area contributed by atoms with Gasteiger partial charge in [-0.2, -0.15) is 0 Å². The van der Waals surface area contributed by atoms with Crippen LogP contribution in [0.4, 0.5) is 0 Å². The molecule has 1 amide bonds. The molecule has 0 unspecified atom stereocenters. The molecule has 19 heavy (non-hydrogen) atoms. The molecule has 0 bridgehead atoms. The number of methoxy groups -OCH3 is 1. The second-order valence-corrected chi connectivity index (χ2v) is 5.01. The normalized spacial score (nSPS) is 17.9. The topological polar surface area (TPSA) is 41.6 Å². The van der Waals surface area contributed by atoms with Crippen LogP contribution >= 0.6 is 0 Å².